The highest BCUT2D eigenvalue weighted by molar-refractivity contribution is 6.01. The molecule has 2 aromatic rings. The van der Waals surface area contributed by atoms with E-state index in [2.05, 4.69) is 24.8 Å². The number of benzene rings is 2. The topological polar surface area (TPSA) is 32.8 Å². The van der Waals surface area contributed by atoms with E-state index in [1.54, 1.807) is 30.2 Å². The summed E-state index contributed by atoms with van der Waals surface area (Å²) in [5, 5.41) is 0. The molecule has 2 aromatic carbocycles. The molecule has 136 valence electrons. The monoisotopic (exact) mass is 354 g/mol. The van der Waals surface area contributed by atoms with E-state index in [1.165, 1.54) is 17.2 Å². The SMILES string of the molecule is COc1ccc(CN2C[C@@H]3C[C@H]2C(=O)N3c2ccccc2F)c(C)c1C. The summed E-state index contributed by atoms with van der Waals surface area (Å²) >= 11 is 0. The first-order chi connectivity index (χ1) is 12.5. The Morgan fingerprint density at radius 1 is 1.15 bits per heavy atom. The number of fused-ring (bicyclic) bond motifs is 2. The van der Waals surface area contributed by atoms with Gasteiger partial charge in [-0.15, -0.1) is 0 Å². The van der Waals surface area contributed by atoms with Gasteiger partial charge in [0.1, 0.15) is 11.6 Å². The van der Waals surface area contributed by atoms with Crippen LogP contribution >= 0.6 is 0 Å². The van der Waals surface area contributed by atoms with Crippen molar-refractivity contribution in [3.05, 3.63) is 58.9 Å². The predicted molar refractivity (Wildman–Crippen MR) is 99.0 cm³/mol. The van der Waals surface area contributed by atoms with Gasteiger partial charge < -0.3 is 9.64 Å². The Morgan fingerprint density at radius 2 is 1.92 bits per heavy atom. The largest absolute Gasteiger partial charge is 0.496 e. The highest BCUT2D eigenvalue weighted by Gasteiger charge is 2.50. The predicted octanol–water partition coefficient (Wildman–Crippen LogP) is 3.44. The number of likely N-dealkylation sites (tertiary alicyclic amines) is 1. The van der Waals surface area contributed by atoms with Crippen LogP contribution in [0.3, 0.4) is 0 Å². The number of anilines is 1. The number of carbonyl (C=O) groups excluding carboxylic acids is 1. The zero-order valence-electron chi connectivity index (χ0n) is 15.3. The molecule has 2 bridgehead atoms. The van der Waals surface area contributed by atoms with Gasteiger partial charge in [0.05, 0.1) is 24.9 Å². The molecular formula is C21H23FN2O2. The molecular weight excluding hydrogens is 331 g/mol. The highest BCUT2D eigenvalue weighted by Crippen LogP contribution is 2.38. The summed E-state index contributed by atoms with van der Waals surface area (Å²) in [4.78, 5) is 16.7. The van der Waals surface area contributed by atoms with Crippen molar-refractivity contribution >= 4 is 11.6 Å². The van der Waals surface area contributed by atoms with Gasteiger partial charge in [-0.05, 0) is 55.2 Å². The van der Waals surface area contributed by atoms with Gasteiger partial charge in [-0.25, -0.2) is 4.39 Å². The second-order valence-corrected chi connectivity index (χ2v) is 7.17. The fourth-order valence-electron chi connectivity index (χ4n) is 4.26. The second kappa shape index (κ2) is 6.40. The number of para-hydroxylation sites is 1. The number of methoxy groups -OCH3 is 1. The third kappa shape index (κ3) is 2.58. The van der Waals surface area contributed by atoms with Crippen LogP contribution in [0.1, 0.15) is 23.1 Å². The molecule has 1 amide bonds. The lowest BCUT2D eigenvalue weighted by atomic mass is 10.0. The van der Waals surface area contributed by atoms with E-state index in [0.29, 0.717) is 5.69 Å². The van der Waals surface area contributed by atoms with Crippen LogP contribution in [-0.2, 0) is 11.3 Å². The molecule has 2 saturated heterocycles. The number of ether oxygens (including phenoxy) is 1. The van der Waals surface area contributed by atoms with Crippen LogP contribution < -0.4 is 9.64 Å². The Morgan fingerprint density at radius 3 is 2.62 bits per heavy atom. The maximum Gasteiger partial charge on any atom is 0.244 e. The minimum Gasteiger partial charge on any atom is -0.496 e. The molecule has 0 unspecified atom stereocenters. The molecule has 2 aliphatic rings. The van der Waals surface area contributed by atoms with Crippen molar-refractivity contribution < 1.29 is 13.9 Å². The quantitative estimate of drug-likeness (QED) is 0.843. The van der Waals surface area contributed by atoms with Gasteiger partial charge in [-0.2, -0.15) is 0 Å². The maximum atomic E-state index is 14.1. The molecule has 0 spiro atoms. The molecule has 4 rings (SSSR count). The average molecular weight is 354 g/mol. The summed E-state index contributed by atoms with van der Waals surface area (Å²) in [6, 6.07) is 10.5. The first kappa shape index (κ1) is 17.0. The number of hydrogen-bond acceptors (Lipinski definition) is 3. The molecule has 2 aliphatic heterocycles. The Hall–Kier alpha value is -2.40. The number of rotatable bonds is 4. The minimum absolute atomic E-state index is 0.00855. The van der Waals surface area contributed by atoms with Gasteiger partial charge in [0.25, 0.3) is 0 Å². The number of amides is 1. The number of piperazine rings is 1. The second-order valence-electron chi connectivity index (χ2n) is 7.17. The van der Waals surface area contributed by atoms with Crippen LogP contribution in [0, 0.1) is 19.7 Å². The lowest BCUT2D eigenvalue weighted by Gasteiger charge is -2.34. The Balaban J connectivity index is 1.55. The third-order valence-corrected chi connectivity index (χ3v) is 5.82. The summed E-state index contributed by atoms with van der Waals surface area (Å²) in [5.74, 6) is 0.562. The van der Waals surface area contributed by atoms with Crippen LogP contribution in [0.25, 0.3) is 0 Å². The van der Waals surface area contributed by atoms with Gasteiger partial charge in [-0.1, -0.05) is 18.2 Å². The van der Waals surface area contributed by atoms with Gasteiger partial charge in [-0.3, -0.25) is 9.69 Å². The van der Waals surface area contributed by atoms with Crippen LogP contribution in [0.4, 0.5) is 10.1 Å². The van der Waals surface area contributed by atoms with Crippen molar-refractivity contribution in [2.24, 2.45) is 0 Å². The van der Waals surface area contributed by atoms with E-state index in [1.807, 2.05) is 6.07 Å². The molecule has 0 radical (unpaired) electrons. The van der Waals surface area contributed by atoms with E-state index in [0.717, 1.165) is 30.8 Å². The molecule has 0 aliphatic carbocycles. The summed E-state index contributed by atoms with van der Waals surface area (Å²) in [6.07, 6.45) is 0.765. The average Bonchev–Trinajstić information content (AvgIpc) is 3.17. The first-order valence-corrected chi connectivity index (χ1v) is 8.96. The normalized spacial score (nSPS) is 22.3. The summed E-state index contributed by atoms with van der Waals surface area (Å²) in [5.41, 5.74) is 3.95. The summed E-state index contributed by atoms with van der Waals surface area (Å²) in [6.45, 7) is 5.65. The molecule has 2 fully saturated rings. The molecule has 0 saturated carbocycles. The number of nitrogens with zero attached hydrogens (tertiary/aromatic N) is 2. The van der Waals surface area contributed by atoms with Crippen LogP contribution in [0.15, 0.2) is 36.4 Å². The van der Waals surface area contributed by atoms with Gasteiger partial charge in [0.15, 0.2) is 0 Å². The maximum absolute atomic E-state index is 14.1. The van der Waals surface area contributed by atoms with Crippen molar-refractivity contribution in [2.75, 3.05) is 18.6 Å². The zero-order chi connectivity index (χ0) is 18.4. The van der Waals surface area contributed by atoms with Crippen LogP contribution in [-0.4, -0.2) is 36.5 Å². The molecule has 2 atom stereocenters. The van der Waals surface area contributed by atoms with Crippen molar-refractivity contribution in [1.29, 1.82) is 0 Å². The summed E-state index contributed by atoms with van der Waals surface area (Å²) in [7, 11) is 1.68. The fourth-order valence-corrected chi connectivity index (χ4v) is 4.26. The van der Waals surface area contributed by atoms with Crippen molar-refractivity contribution in [3.8, 4) is 5.75 Å². The Labute approximate surface area is 153 Å². The highest BCUT2D eigenvalue weighted by atomic mass is 19.1. The van der Waals surface area contributed by atoms with Gasteiger partial charge in [0.2, 0.25) is 5.91 Å². The van der Waals surface area contributed by atoms with E-state index in [4.69, 9.17) is 4.74 Å². The first-order valence-electron chi connectivity index (χ1n) is 8.96. The van der Waals surface area contributed by atoms with E-state index in [9.17, 15) is 9.18 Å². The lowest BCUT2D eigenvalue weighted by molar-refractivity contribution is -0.122. The van der Waals surface area contributed by atoms with E-state index in [-0.39, 0.29) is 23.8 Å². The molecule has 0 N–H and O–H groups in total. The molecule has 5 heteroatoms. The Kier molecular flexibility index (Phi) is 4.19. The number of carbonyl (C=O) groups is 1. The lowest BCUT2D eigenvalue weighted by Crippen LogP contribution is -2.50. The number of halogens is 1. The molecule has 2 heterocycles. The Bertz CT molecular complexity index is 867. The van der Waals surface area contributed by atoms with E-state index >= 15 is 0 Å². The van der Waals surface area contributed by atoms with Crippen molar-refractivity contribution in [3.63, 3.8) is 0 Å². The minimum atomic E-state index is -0.332. The third-order valence-electron chi connectivity index (χ3n) is 5.82. The smallest absolute Gasteiger partial charge is 0.244 e. The van der Waals surface area contributed by atoms with E-state index < -0.39 is 0 Å². The molecule has 4 nitrogen and oxygen atoms in total. The summed E-state index contributed by atoms with van der Waals surface area (Å²) < 4.78 is 19.5. The van der Waals surface area contributed by atoms with Crippen LogP contribution in [0.2, 0.25) is 0 Å². The molecule has 26 heavy (non-hydrogen) atoms. The van der Waals surface area contributed by atoms with Crippen molar-refractivity contribution in [1.82, 2.24) is 4.90 Å². The zero-order valence-corrected chi connectivity index (χ0v) is 15.3. The number of hydrogen-bond donors (Lipinski definition) is 0. The van der Waals surface area contributed by atoms with Crippen LogP contribution in [0.5, 0.6) is 5.75 Å². The fraction of sp³-hybridized carbons (Fsp3) is 0.381. The van der Waals surface area contributed by atoms with Crippen molar-refractivity contribution in [2.45, 2.75) is 38.9 Å². The van der Waals surface area contributed by atoms with Gasteiger partial charge >= 0.3 is 0 Å². The van der Waals surface area contributed by atoms with Gasteiger partial charge in [0, 0.05) is 13.1 Å². The molecule has 0 aromatic heterocycles. The standard InChI is InChI=1S/C21H23FN2O2/c1-13-14(2)20(26-3)9-8-15(13)11-23-12-16-10-19(23)21(25)24(16)18-7-5-4-6-17(18)22/h4-9,16,19H,10-12H2,1-3H3/t16-,19-/m0/s1.